The van der Waals surface area contributed by atoms with Crippen LogP contribution < -0.4 is 15.4 Å². The number of benzene rings is 1. The Morgan fingerprint density at radius 3 is 2.83 bits per heavy atom. The number of amides is 1. The summed E-state index contributed by atoms with van der Waals surface area (Å²) < 4.78 is 5.10. The highest BCUT2D eigenvalue weighted by molar-refractivity contribution is 7.80. The van der Waals surface area contributed by atoms with Gasteiger partial charge in [0.15, 0.2) is 5.11 Å². The molecule has 2 rings (SSSR count). The van der Waals surface area contributed by atoms with Crippen LogP contribution in [0.1, 0.15) is 27.2 Å². The molecule has 2 N–H and O–H groups in total. The number of halogens is 1. The summed E-state index contributed by atoms with van der Waals surface area (Å²) >= 11 is 11.5. The van der Waals surface area contributed by atoms with Crippen molar-refractivity contribution < 1.29 is 9.53 Å². The second kappa shape index (κ2) is 6.93. The van der Waals surface area contributed by atoms with Crippen LogP contribution in [0.2, 0.25) is 5.02 Å². The molecule has 0 saturated carbocycles. The van der Waals surface area contributed by atoms with Gasteiger partial charge in [-0.25, -0.2) is 0 Å². The molecule has 7 heteroatoms. The highest BCUT2D eigenvalue weighted by atomic mass is 35.5. The minimum Gasteiger partial charge on any atom is -0.495 e. The maximum Gasteiger partial charge on any atom is 0.243 e. The summed E-state index contributed by atoms with van der Waals surface area (Å²) in [6, 6.07) is 5.33. The van der Waals surface area contributed by atoms with E-state index in [2.05, 4.69) is 31.4 Å². The molecule has 0 aliphatic carbocycles. The average Bonchev–Trinajstić information content (AvgIpc) is 2.42. The molecule has 1 saturated heterocycles. The largest absolute Gasteiger partial charge is 0.495 e. The molecule has 0 radical (unpaired) electrons. The van der Waals surface area contributed by atoms with Gasteiger partial charge in [-0.05, 0) is 57.6 Å². The summed E-state index contributed by atoms with van der Waals surface area (Å²) in [6.45, 7) is 6.48. The van der Waals surface area contributed by atoms with E-state index in [9.17, 15) is 4.79 Å². The number of carbonyl (C=O) groups is 1. The number of ether oxygens (including phenoxy) is 1. The first-order valence-electron chi connectivity index (χ1n) is 7.44. The van der Waals surface area contributed by atoms with Crippen molar-refractivity contribution >= 4 is 40.5 Å². The van der Waals surface area contributed by atoms with Crippen LogP contribution in [0.5, 0.6) is 5.75 Å². The smallest absolute Gasteiger partial charge is 0.243 e. The summed E-state index contributed by atoms with van der Waals surface area (Å²) in [5, 5.41) is 7.17. The number of hydrogen-bond donors (Lipinski definition) is 2. The van der Waals surface area contributed by atoms with Gasteiger partial charge in [0.2, 0.25) is 5.91 Å². The minimum atomic E-state index is -0.137. The van der Waals surface area contributed by atoms with E-state index >= 15 is 0 Å². The second-order valence-corrected chi connectivity index (χ2v) is 7.19. The highest BCUT2D eigenvalue weighted by Gasteiger charge is 2.33. The summed E-state index contributed by atoms with van der Waals surface area (Å²) in [5.74, 6) is 0.434. The molecule has 1 aromatic rings. The SMILES string of the molecule is COc1ccc(NC(=O)CN2C(=S)NC(C)(C)C[C@@H]2C)cc1Cl. The first-order valence-corrected chi connectivity index (χ1v) is 8.22. The monoisotopic (exact) mass is 355 g/mol. The predicted octanol–water partition coefficient (Wildman–Crippen LogP) is 3.03. The number of nitrogens with one attached hydrogen (secondary N) is 2. The Morgan fingerprint density at radius 1 is 1.57 bits per heavy atom. The molecule has 0 unspecified atom stereocenters. The second-order valence-electron chi connectivity index (χ2n) is 6.39. The first-order chi connectivity index (χ1) is 10.7. The molecule has 1 heterocycles. The summed E-state index contributed by atoms with van der Waals surface area (Å²) in [7, 11) is 1.55. The normalized spacial score (nSPS) is 20.0. The van der Waals surface area contributed by atoms with E-state index in [4.69, 9.17) is 28.6 Å². The molecule has 1 aromatic carbocycles. The Balaban J connectivity index is 1.99. The van der Waals surface area contributed by atoms with Gasteiger partial charge < -0.3 is 20.3 Å². The van der Waals surface area contributed by atoms with E-state index < -0.39 is 0 Å². The first kappa shape index (κ1) is 17.8. The van der Waals surface area contributed by atoms with Gasteiger partial charge in [-0.15, -0.1) is 0 Å². The zero-order valence-corrected chi connectivity index (χ0v) is 15.3. The summed E-state index contributed by atoms with van der Waals surface area (Å²) in [5.41, 5.74) is 0.581. The Hall–Kier alpha value is -1.53. The number of anilines is 1. The number of hydrogen-bond acceptors (Lipinski definition) is 3. The molecule has 1 fully saturated rings. The lowest BCUT2D eigenvalue weighted by Gasteiger charge is -2.44. The Bertz CT molecular complexity index is 621. The quantitative estimate of drug-likeness (QED) is 0.813. The molecule has 1 amide bonds. The van der Waals surface area contributed by atoms with E-state index in [1.165, 1.54) is 0 Å². The Labute approximate surface area is 147 Å². The van der Waals surface area contributed by atoms with Crippen molar-refractivity contribution in [2.75, 3.05) is 19.0 Å². The Kier molecular flexibility index (Phi) is 5.37. The van der Waals surface area contributed by atoms with Gasteiger partial charge in [0, 0.05) is 17.3 Å². The molecule has 0 spiro atoms. The van der Waals surface area contributed by atoms with Crippen LogP contribution in [0.3, 0.4) is 0 Å². The molecule has 126 valence electrons. The third-order valence-corrected chi connectivity index (χ3v) is 4.43. The van der Waals surface area contributed by atoms with Crippen LogP contribution in [0.25, 0.3) is 0 Å². The third kappa shape index (κ3) is 4.48. The van der Waals surface area contributed by atoms with Crippen molar-refractivity contribution in [1.29, 1.82) is 0 Å². The van der Waals surface area contributed by atoms with Crippen LogP contribution >= 0.6 is 23.8 Å². The van der Waals surface area contributed by atoms with Gasteiger partial charge in [0.05, 0.1) is 18.7 Å². The van der Waals surface area contributed by atoms with E-state index in [-0.39, 0.29) is 24.0 Å². The van der Waals surface area contributed by atoms with Crippen LogP contribution in [0, 0.1) is 0 Å². The van der Waals surface area contributed by atoms with Crippen LogP contribution in [-0.4, -0.2) is 41.2 Å². The molecule has 0 aromatic heterocycles. The number of rotatable bonds is 4. The minimum absolute atomic E-state index is 0.0486. The number of thiocarbonyl (C=S) groups is 1. The van der Waals surface area contributed by atoms with Crippen molar-refractivity contribution in [3.05, 3.63) is 23.2 Å². The lowest BCUT2D eigenvalue weighted by Crippen LogP contribution is -2.61. The number of methoxy groups -OCH3 is 1. The predicted molar refractivity (Wildman–Crippen MR) is 97.2 cm³/mol. The van der Waals surface area contributed by atoms with Crippen molar-refractivity contribution in [1.82, 2.24) is 10.2 Å². The molecule has 0 bridgehead atoms. The molecular weight excluding hydrogens is 334 g/mol. The molecule has 5 nitrogen and oxygen atoms in total. The van der Waals surface area contributed by atoms with Crippen LogP contribution in [0.15, 0.2) is 18.2 Å². The average molecular weight is 356 g/mol. The van der Waals surface area contributed by atoms with Crippen molar-refractivity contribution in [3.8, 4) is 5.75 Å². The van der Waals surface area contributed by atoms with E-state index in [0.29, 0.717) is 21.6 Å². The van der Waals surface area contributed by atoms with Crippen LogP contribution in [-0.2, 0) is 4.79 Å². The molecular formula is C16H22ClN3O2S. The summed E-state index contributed by atoms with van der Waals surface area (Å²) in [4.78, 5) is 14.2. The van der Waals surface area contributed by atoms with Gasteiger partial charge >= 0.3 is 0 Å². The molecule has 23 heavy (non-hydrogen) atoms. The maximum atomic E-state index is 12.3. The number of nitrogens with zero attached hydrogens (tertiary/aromatic N) is 1. The van der Waals surface area contributed by atoms with Crippen molar-refractivity contribution in [2.24, 2.45) is 0 Å². The van der Waals surface area contributed by atoms with Gasteiger partial charge in [-0.3, -0.25) is 4.79 Å². The molecule has 1 aliphatic rings. The number of carbonyl (C=O) groups excluding carboxylic acids is 1. The molecule has 1 atom stereocenters. The highest BCUT2D eigenvalue weighted by Crippen LogP contribution is 2.27. The Morgan fingerprint density at radius 2 is 2.26 bits per heavy atom. The van der Waals surface area contributed by atoms with E-state index in [0.717, 1.165) is 6.42 Å². The zero-order valence-electron chi connectivity index (χ0n) is 13.8. The van der Waals surface area contributed by atoms with Crippen molar-refractivity contribution in [2.45, 2.75) is 38.8 Å². The zero-order chi connectivity index (χ0) is 17.2. The standard InChI is InChI=1S/C16H22ClN3O2S/c1-10-8-16(2,3)19-15(23)20(10)9-14(21)18-11-5-6-13(22-4)12(17)7-11/h5-7,10H,8-9H2,1-4H3,(H,18,21)(H,19,23)/t10-/m0/s1. The fraction of sp³-hybridized carbons (Fsp3) is 0.500. The van der Waals surface area contributed by atoms with Gasteiger partial charge in [-0.1, -0.05) is 11.6 Å². The maximum absolute atomic E-state index is 12.3. The van der Waals surface area contributed by atoms with E-state index in [1.807, 2.05) is 4.90 Å². The van der Waals surface area contributed by atoms with Gasteiger partial charge in [-0.2, -0.15) is 0 Å². The lowest BCUT2D eigenvalue weighted by molar-refractivity contribution is -0.117. The van der Waals surface area contributed by atoms with Gasteiger partial charge in [0.25, 0.3) is 0 Å². The van der Waals surface area contributed by atoms with Crippen molar-refractivity contribution in [3.63, 3.8) is 0 Å². The fourth-order valence-electron chi connectivity index (χ4n) is 2.79. The van der Waals surface area contributed by atoms with Crippen LogP contribution in [0.4, 0.5) is 5.69 Å². The fourth-order valence-corrected chi connectivity index (χ4v) is 3.57. The van der Waals surface area contributed by atoms with Gasteiger partial charge in [0.1, 0.15) is 5.75 Å². The summed E-state index contributed by atoms with van der Waals surface area (Å²) in [6.07, 6.45) is 0.911. The topological polar surface area (TPSA) is 53.6 Å². The van der Waals surface area contributed by atoms with E-state index in [1.54, 1.807) is 25.3 Å². The lowest BCUT2D eigenvalue weighted by atomic mass is 9.93. The molecule has 1 aliphatic heterocycles. The third-order valence-electron chi connectivity index (χ3n) is 3.79.